The van der Waals surface area contributed by atoms with Crippen molar-refractivity contribution in [2.45, 2.75) is 53.1 Å². The molecule has 0 spiro atoms. The van der Waals surface area contributed by atoms with Crippen LogP contribution in [0, 0.1) is 6.92 Å². The minimum Gasteiger partial charge on any atom is -0.477 e. The van der Waals surface area contributed by atoms with Gasteiger partial charge < -0.3 is 9.67 Å². The first-order valence-electron chi connectivity index (χ1n) is 8.97. The zero-order chi connectivity index (χ0) is 18.0. The Morgan fingerprint density at radius 3 is 2.64 bits per heavy atom. The minimum atomic E-state index is -0.924. The summed E-state index contributed by atoms with van der Waals surface area (Å²) in [7, 11) is 0. The van der Waals surface area contributed by atoms with Crippen molar-refractivity contribution in [3.63, 3.8) is 0 Å². The van der Waals surface area contributed by atoms with Crippen LogP contribution in [0.5, 0.6) is 0 Å². The third-order valence-electron chi connectivity index (χ3n) is 4.78. The van der Waals surface area contributed by atoms with E-state index in [0.717, 1.165) is 53.7 Å². The molecular formula is C20H25N3O2. The molecule has 0 bridgehead atoms. The minimum absolute atomic E-state index is 0.263. The van der Waals surface area contributed by atoms with Gasteiger partial charge in [0.05, 0.1) is 5.69 Å². The number of nitrogens with zero attached hydrogens (tertiary/aromatic N) is 3. The van der Waals surface area contributed by atoms with Crippen molar-refractivity contribution in [1.29, 1.82) is 0 Å². The number of benzene rings is 1. The lowest BCUT2D eigenvalue weighted by molar-refractivity contribution is 0.0683. The molecule has 0 saturated heterocycles. The van der Waals surface area contributed by atoms with Gasteiger partial charge >= 0.3 is 5.97 Å². The van der Waals surface area contributed by atoms with Crippen LogP contribution in [-0.2, 0) is 13.1 Å². The fraction of sp³-hybridized carbons (Fsp3) is 0.400. The number of carbonyl (C=O) groups is 1. The Balaban J connectivity index is 2.14. The Bertz CT molecular complexity index is 905. The lowest BCUT2D eigenvalue weighted by atomic mass is 10.1. The van der Waals surface area contributed by atoms with E-state index < -0.39 is 5.97 Å². The highest BCUT2D eigenvalue weighted by atomic mass is 16.4. The third-order valence-corrected chi connectivity index (χ3v) is 4.78. The molecule has 3 rings (SSSR count). The number of hydrogen-bond donors (Lipinski definition) is 1. The number of para-hydroxylation sites is 1. The van der Waals surface area contributed by atoms with Gasteiger partial charge in [0.15, 0.2) is 0 Å². The number of aromatic nitrogens is 3. The van der Waals surface area contributed by atoms with Gasteiger partial charge in [-0.3, -0.25) is 4.68 Å². The molecule has 1 aromatic carbocycles. The van der Waals surface area contributed by atoms with Crippen LogP contribution in [0.15, 0.2) is 30.3 Å². The zero-order valence-electron chi connectivity index (χ0n) is 15.1. The van der Waals surface area contributed by atoms with E-state index in [1.807, 2.05) is 12.1 Å². The number of fused-ring (bicyclic) bond motifs is 1. The Labute approximate surface area is 147 Å². The van der Waals surface area contributed by atoms with E-state index in [2.05, 4.69) is 42.6 Å². The Hall–Kier alpha value is -2.56. The first-order chi connectivity index (χ1) is 12.1. The van der Waals surface area contributed by atoms with Gasteiger partial charge in [-0.1, -0.05) is 38.0 Å². The number of aromatic carboxylic acids is 1. The van der Waals surface area contributed by atoms with Crippen molar-refractivity contribution in [2.24, 2.45) is 0 Å². The first-order valence-corrected chi connectivity index (χ1v) is 8.97. The van der Waals surface area contributed by atoms with Gasteiger partial charge in [0, 0.05) is 35.2 Å². The summed E-state index contributed by atoms with van der Waals surface area (Å²) in [5, 5.41) is 15.3. The summed E-state index contributed by atoms with van der Waals surface area (Å²) in [6.45, 7) is 7.84. The van der Waals surface area contributed by atoms with Gasteiger partial charge in [0.25, 0.3) is 0 Å². The summed E-state index contributed by atoms with van der Waals surface area (Å²) in [6, 6.07) is 9.94. The first kappa shape index (κ1) is 17.3. The molecular weight excluding hydrogens is 314 g/mol. The second-order valence-electron chi connectivity index (χ2n) is 6.37. The maximum atomic E-state index is 11.6. The normalized spacial score (nSPS) is 11.3. The summed E-state index contributed by atoms with van der Waals surface area (Å²) < 4.78 is 3.89. The fourth-order valence-corrected chi connectivity index (χ4v) is 3.55. The predicted octanol–water partition coefficient (Wildman–Crippen LogP) is 4.72. The van der Waals surface area contributed by atoms with Crippen LogP contribution in [0.2, 0.25) is 0 Å². The second kappa shape index (κ2) is 7.13. The smallest absolute Gasteiger partial charge is 0.354 e. The van der Waals surface area contributed by atoms with Crippen molar-refractivity contribution in [3.05, 3.63) is 41.7 Å². The summed E-state index contributed by atoms with van der Waals surface area (Å²) in [4.78, 5) is 11.6. The molecule has 25 heavy (non-hydrogen) atoms. The molecule has 0 amide bonds. The average molecular weight is 339 g/mol. The van der Waals surface area contributed by atoms with E-state index in [-0.39, 0.29) is 5.69 Å². The van der Waals surface area contributed by atoms with Crippen molar-refractivity contribution in [2.75, 3.05) is 0 Å². The molecule has 132 valence electrons. The van der Waals surface area contributed by atoms with Crippen LogP contribution in [-0.4, -0.2) is 25.4 Å². The number of unbranched alkanes of at least 4 members (excludes halogenated alkanes) is 2. The molecule has 1 N–H and O–H groups in total. The van der Waals surface area contributed by atoms with E-state index in [1.54, 1.807) is 10.7 Å². The number of rotatable bonds is 7. The van der Waals surface area contributed by atoms with Crippen molar-refractivity contribution >= 4 is 16.9 Å². The highest BCUT2D eigenvalue weighted by molar-refractivity contribution is 5.98. The molecule has 0 aliphatic rings. The second-order valence-corrected chi connectivity index (χ2v) is 6.37. The SMILES string of the molecule is CCCCCn1nc(-c2c(C)n(CC)c3ccccc23)cc1C(=O)O. The molecule has 0 saturated carbocycles. The van der Waals surface area contributed by atoms with Crippen molar-refractivity contribution in [1.82, 2.24) is 14.3 Å². The monoisotopic (exact) mass is 339 g/mol. The molecule has 2 heterocycles. The van der Waals surface area contributed by atoms with E-state index in [9.17, 15) is 9.90 Å². The molecule has 0 fully saturated rings. The van der Waals surface area contributed by atoms with E-state index in [4.69, 9.17) is 0 Å². The van der Waals surface area contributed by atoms with Crippen LogP contribution in [0.4, 0.5) is 0 Å². The van der Waals surface area contributed by atoms with Crippen LogP contribution in [0.25, 0.3) is 22.2 Å². The summed E-state index contributed by atoms with van der Waals surface area (Å²) >= 11 is 0. The van der Waals surface area contributed by atoms with Gasteiger partial charge in [-0.05, 0) is 32.4 Å². The maximum absolute atomic E-state index is 11.6. The Morgan fingerprint density at radius 2 is 1.96 bits per heavy atom. The topological polar surface area (TPSA) is 60.0 Å². The predicted molar refractivity (Wildman–Crippen MR) is 100 cm³/mol. The fourth-order valence-electron chi connectivity index (χ4n) is 3.55. The number of aryl methyl sites for hydroxylation is 2. The third kappa shape index (κ3) is 3.06. The number of hydrogen-bond acceptors (Lipinski definition) is 2. The molecule has 0 aliphatic heterocycles. The Kier molecular flexibility index (Phi) is 4.93. The average Bonchev–Trinajstić information content (AvgIpc) is 3.13. The van der Waals surface area contributed by atoms with Gasteiger partial charge in [0.2, 0.25) is 0 Å². The van der Waals surface area contributed by atoms with Crippen LogP contribution in [0.1, 0.15) is 49.3 Å². The number of carboxylic acids is 1. The van der Waals surface area contributed by atoms with Crippen LogP contribution < -0.4 is 0 Å². The molecule has 0 unspecified atom stereocenters. The maximum Gasteiger partial charge on any atom is 0.354 e. The van der Waals surface area contributed by atoms with Gasteiger partial charge in [0.1, 0.15) is 5.69 Å². The lowest BCUT2D eigenvalue weighted by Gasteiger charge is -2.04. The molecule has 5 heteroatoms. The standard InChI is InChI=1S/C20H25N3O2/c1-4-6-9-12-23-18(20(24)25)13-16(21-23)19-14(3)22(5-2)17-11-8-7-10-15(17)19/h7-8,10-11,13H,4-6,9,12H2,1-3H3,(H,24,25). The van der Waals surface area contributed by atoms with E-state index in [0.29, 0.717) is 6.54 Å². The van der Waals surface area contributed by atoms with E-state index in [1.165, 1.54) is 0 Å². The molecule has 3 aromatic rings. The molecule has 0 radical (unpaired) electrons. The van der Waals surface area contributed by atoms with E-state index >= 15 is 0 Å². The summed E-state index contributed by atoms with van der Waals surface area (Å²) in [6.07, 6.45) is 3.11. The van der Waals surface area contributed by atoms with Gasteiger partial charge in [-0.15, -0.1) is 0 Å². The highest BCUT2D eigenvalue weighted by Crippen LogP contribution is 2.34. The van der Waals surface area contributed by atoms with Crippen LogP contribution >= 0.6 is 0 Å². The molecule has 0 aliphatic carbocycles. The molecule has 2 aromatic heterocycles. The number of carboxylic acid groups (broad SMARTS) is 1. The van der Waals surface area contributed by atoms with Crippen LogP contribution in [0.3, 0.4) is 0 Å². The van der Waals surface area contributed by atoms with Gasteiger partial charge in [-0.2, -0.15) is 5.10 Å². The zero-order valence-corrected chi connectivity index (χ0v) is 15.1. The van der Waals surface area contributed by atoms with Gasteiger partial charge in [-0.25, -0.2) is 4.79 Å². The largest absolute Gasteiger partial charge is 0.477 e. The Morgan fingerprint density at radius 1 is 1.20 bits per heavy atom. The van der Waals surface area contributed by atoms with Crippen molar-refractivity contribution < 1.29 is 9.90 Å². The molecule has 0 atom stereocenters. The quantitative estimate of drug-likeness (QED) is 0.634. The summed E-state index contributed by atoms with van der Waals surface area (Å²) in [5.74, 6) is -0.924. The summed E-state index contributed by atoms with van der Waals surface area (Å²) in [5.41, 5.74) is 4.33. The lowest BCUT2D eigenvalue weighted by Crippen LogP contribution is -2.10. The van der Waals surface area contributed by atoms with Crippen molar-refractivity contribution in [3.8, 4) is 11.3 Å². The highest BCUT2D eigenvalue weighted by Gasteiger charge is 2.20. The molecule has 5 nitrogen and oxygen atoms in total.